The van der Waals surface area contributed by atoms with Crippen molar-refractivity contribution in [2.24, 2.45) is 0 Å². The predicted octanol–water partition coefficient (Wildman–Crippen LogP) is 8.42. The Labute approximate surface area is 175 Å². The van der Waals surface area contributed by atoms with Gasteiger partial charge in [0.2, 0.25) is 0 Å². The Morgan fingerprint density at radius 1 is 0.655 bits per heavy atom. The maximum Gasteiger partial charge on any atom is 0.0433 e. The van der Waals surface area contributed by atoms with Gasteiger partial charge in [-0.25, -0.2) is 0 Å². The van der Waals surface area contributed by atoms with E-state index in [1.54, 1.807) is 0 Å². The minimum absolute atomic E-state index is 0.534. The molecule has 1 heterocycles. The van der Waals surface area contributed by atoms with E-state index in [2.05, 4.69) is 92.7 Å². The lowest BCUT2D eigenvalue weighted by Gasteiger charge is -2.07. The van der Waals surface area contributed by atoms with Crippen molar-refractivity contribution in [2.45, 2.75) is 26.2 Å². The van der Waals surface area contributed by atoms with Gasteiger partial charge in [0.05, 0.1) is 0 Å². The molecule has 0 radical (unpaired) electrons. The van der Waals surface area contributed by atoms with Gasteiger partial charge in [0.25, 0.3) is 0 Å². The van der Waals surface area contributed by atoms with E-state index < -0.39 is 0 Å². The molecule has 0 fully saturated rings. The molecule has 4 aromatic carbocycles. The molecule has 5 aromatic rings. The van der Waals surface area contributed by atoms with E-state index in [1.807, 2.05) is 11.3 Å². The highest BCUT2D eigenvalue weighted by atomic mass is 32.1. The van der Waals surface area contributed by atoms with Crippen molar-refractivity contribution in [2.75, 3.05) is 0 Å². The fourth-order valence-electron chi connectivity index (χ4n) is 4.82. The van der Waals surface area contributed by atoms with Gasteiger partial charge in [-0.05, 0) is 57.3 Å². The zero-order chi connectivity index (χ0) is 19.5. The third-order valence-corrected chi connectivity index (χ3v) is 7.59. The van der Waals surface area contributed by atoms with Crippen LogP contribution in [0.15, 0.2) is 78.9 Å². The van der Waals surface area contributed by atoms with Crippen LogP contribution in [-0.4, -0.2) is 0 Å². The van der Waals surface area contributed by atoms with Gasteiger partial charge in [-0.15, -0.1) is 11.3 Å². The fourth-order valence-corrected chi connectivity index (χ4v) is 6.31. The minimum atomic E-state index is 0.534. The molecule has 0 atom stereocenters. The van der Waals surface area contributed by atoms with E-state index in [0.717, 1.165) is 6.42 Å². The highest BCUT2D eigenvalue weighted by Crippen LogP contribution is 2.44. The van der Waals surface area contributed by atoms with Crippen LogP contribution in [0.2, 0.25) is 0 Å². The summed E-state index contributed by atoms with van der Waals surface area (Å²) in [4.78, 5) is 0. The number of hydrogen-bond donors (Lipinski definition) is 0. The normalized spacial score (nSPS) is 12.7. The Bertz CT molecular complexity index is 1400. The van der Waals surface area contributed by atoms with E-state index in [-0.39, 0.29) is 0 Å². The summed E-state index contributed by atoms with van der Waals surface area (Å²) in [6.07, 6.45) is 1.05. The lowest BCUT2D eigenvalue weighted by atomic mass is 9.96. The van der Waals surface area contributed by atoms with Crippen molar-refractivity contribution >= 4 is 31.5 Å². The summed E-state index contributed by atoms with van der Waals surface area (Å²) >= 11 is 1.96. The maximum atomic E-state index is 2.41. The molecule has 6 rings (SSSR count). The van der Waals surface area contributed by atoms with E-state index >= 15 is 0 Å². The first kappa shape index (κ1) is 17.0. The Kier molecular flexibility index (Phi) is 3.69. The molecule has 0 unspecified atom stereocenters. The molecule has 0 saturated heterocycles. The number of fused-ring (bicyclic) bond motifs is 6. The zero-order valence-electron chi connectivity index (χ0n) is 16.7. The molecular weight excluding hydrogens is 368 g/mol. The molecule has 1 aromatic heterocycles. The smallest absolute Gasteiger partial charge is 0.0433 e. The zero-order valence-corrected chi connectivity index (χ0v) is 17.5. The van der Waals surface area contributed by atoms with Crippen LogP contribution >= 0.6 is 11.3 Å². The second-order valence-electron chi connectivity index (χ2n) is 8.37. The van der Waals surface area contributed by atoms with Gasteiger partial charge in [0, 0.05) is 20.2 Å². The van der Waals surface area contributed by atoms with Crippen LogP contribution in [0, 0.1) is 0 Å². The van der Waals surface area contributed by atoms with Crippen molar-refractivity contribution in [3.8, 4) is 22.3 Å². The summed E-state index contributed by atoms with van der Waals surface area (Å²) in [6, 6.07) is 29.4. The Morgan fingerprint density at radius 2 is 1.38 bits per heavy atom. The largest absolute Gasteiger partial charge is 0.134 e. The molecule has 0 amide bonds. The topological polar surface area (TPSA) is 0 Å². The van der Waals surface area contributed by atoms with Gasteiger partial charge < -0.3 is 0 Å². The SMILES string of the molecule is CC(C)c1cccc2c1sc1c(-c3ccc4c(c3)-c3ccccc3C4)cccc12. The Hall–Kier alpha value is -2.90. The Balaban J connectivity index is 1.60. The van der Waals surface area contributed by atoms with Gasteiger partial charge in [-0.1, -0.05) is 86.6 Å². The standard InChI is InChI=1S/C28H22S/c1-17(2)21-9-5-11-24-25-12-6-10-23(28(25)29-27(21)24)20-14-13-19-15-18-7-3-4-8-22(18)26(19)16-20/h3-14,16-17H,15H2,1-2H3. The van der Waals surface area contributed by atoms with E-state index in [0.29, 0.717) is 5.92 Å². The molecule has 0 N–H and O–H groups in total. The number of hydrogen-bond acceptors (Lipinski definition) is 1. The molecule has 1 aliphatic rings. The third kappa shape index (κ3) is 2.51. The highest BCUT2D eigenvalue weighted by molar-refractivity contribution is 7.26. The van der Waals surface area contributed by atoms with Crippen LogP contribution in [0.1, 0.15) is 36.5 Å². The van der Waals surface area contributed by atoms with Crippen molar-refractivity contribution in [3.05, 3.63) is 95.6 Å². The first-order chi connectivity index (χ1) is 14.2. The fraction of sp³-hybridized carbons (Fsp3) is 0.143. The quantitative estimate of drug-likeness (QED) is 0.278. The van der Waals surface area contributed by atoms with Gasteiger partial charge >= 0.3 is 0 Å². The van der Waals surface area contributed by atoms with Crippen molar-refractivity contribution in [1.82, 2.24) is 0 Å². The Morgan fingerprint density at radius 3 is 2.24 bits per heavy atom. The predicted molar refractivity (Wildman–Crippen MR) is 127 cm³/mol. The molecular formula is C28H22S. The van der Waals surface area contributed by atoms with Crippen molar-refractivity contribution in [1.29, 1.82) is 0 Å². The van der Waals surface area contributed by atoms with Gasteiger partial charge in [-0.3, -0.25) is 0 Å². The lowest BCUT2D eigenvalue weighted by Crippen LogP contribution is -1.85. The second-order valence-corrected chi connectivity index (χ2v) is 9.39. The average Bonchev–Trinajstić information content (AvgIpc) is 3.31. The summed E-state index contributed by atoms with van der Waals surface area (Å²) < 4.78 is 2.85. The summed E-state index contributed by atoms with van der Waals surface area (Å²) in [6.45, 7) is 4.58. The molecule has 0 spiro atoms. The lowest BCUT2D eigenvalue weighted by molar-refractivity contribution is 0.878. The second kappa shape index (κ2) is 6.30. The first-order valence-electron chi connectivity index (χ1n) is 10.4. The van der Waals surface area contributed by atoms with Crippen LogP contribution < -0.4 is 0 Å². The van der Waals surface area contributed by atoms with Crippen LogP contribution in [0.25, 0.3) is 42.4 Å². The number of rotatable bonds is 2. The van der Waals surface area contributed by atoms with Gasteiger partial charge in [0.1, 0.15) is 0 Å². The molecule has 0 aliphatic heterocycles. The van der Waals surface area contributed by atoms with Crippen molar-refractivity contribution in [3.63, 3.8) is 0 Å². The monoisotopic (exact) mass is 390 g/mol. The molecule has 0 saturated carbocycles. The maximum absolute atomic E-state index is 2.41. The molecule has 0 nitrogen and oxygen atoms in total. The first-order valence-corrected chi connectivity index (χ1v) is 11.2. The van der Waals surface area contributed by atoms with Crippen LogP contribution in [0.3, 0.4) is 0 Å². The molecule has 29 heavy (non-hydrogen) atoms. The van der Waals surface area contributed by atoms with Crippen LogP contribution in [-0.2, 0) is 6.42 Å². The summed E-state index contributed by atoms with van der Waals surface area (Å²) in [5, 5.41) is 2.77. The van der Waals surface area contributed by atoms with Gasteiger partial charge in [0.15, 0.2) is 0 Å². The summed E-state index contributed by atoms with van der Waals surface area (Å²) in [5.41, 5.74) is 9.82. The average molecular weight is 391 g/mol. The van der Waals surface area contributed by atoms with Gasteiger partial charge in [-0.2, -0.15) is 0 Å². The molecule has 140 valence electrons. The molecule has 0 bridgehead atoms. The van der Waals surface area contributed by atoms with Crippen LogP contribution in [0.4, 0.5) is 0 Å². The highest BCUT2D eigenvalue weighted by Gasteiger charge is 2.19. The number of benzene rings is 4. The minimum Gasteiger partial charge on any atom is -0.134 e. The summed E-state index contributed by atoms with van der Waals surface area (Å²) in [7, 11) is 0. The molecule has 1 aliphatic carbocycles. The number of thiophene rings is 1. The van der Waals surface area contributed by atoms with Crippen LogP contribution in [0.5, 0.6) is 0 Å². The van der Waals surface area contributed by atoms with E-state index in [4.69, 9.17) is 0 Å². The third-order valence-electron chi connectivity index (χ3n) is 6.29. The summed E-state index contributed by atoms with van der Waals surface area (Å²) in [5.74, 6) is 0.534. The van der Waals surface area contributed by atoms with E-state index in [1.165, 1.54) is 59.1 Å². The molecule has 1 heteroatoms. The van der Waals surface area contributed by atoms with Crippen molar-refractivity contribution < 1.29 is 0 Å². The van der Waals surface area contributed by atoms with E-state index in [9.17, 15) is 0 Å².